The zero-order chi connectivity index (χ0) is 20.3. The van der Waals surface area contributed by atoms with Crippen molar-refractivity contribution in [1.82, 2.24) is 24.7 Å². The molecule has 30 heavy (non-hydrogen) atoms. The van der Waals surface area contributed by atoms with E-state index in [4.69, 9.17) is 0 Å². The largest absolute Gasteiger partial charge is 0.357 e. The molecule has 1 aliphatic heterocycles. The van der Waals surface area contributed by atoms with Crippen LogP contribution in [0.25, 0.3) is 5.65 Å². The number of rotatable bonds is 5. The number of piperidine rings is 1. The lowest BCUT2D eigenvalue weighted by Crippen LogP contribution is -2.33. The molecule has 152 valence electrons. The van der Waals surface area contributed by atoms with Crippen LogP contribution in [0.4, 0.5) is 5.82 Å². The zero-order valence-corrected chi connectivity index (χ0v) is 17.3. The standard InChI is InChI=1S/C22H22N6OS/c29-21(25-14-16-4-9-28-12-8-24-20(28)13-16)18-15-26-22(30-18)17-5-10-27(11-6-17)19-3-1-2-7-23-19/h1-4,7-9,12-13,15,17H,5-6,10-11,14H2,(H,25,29). The molecule has 0 bridgehead atoms. The number of nitrogens with one attached hydrogen (secondary N) is 1. The fourth-order valence-electron chi connectivity index (χ4n) is 3.81. The highest BCUT2D eigenvalue weighted by molar-refractivity contribution is 7.13. The predicted octanol–water partition coefficient (Wildman–Crippen LogP) is 3.50. The van der Waals surface area contributed by atoms with Gasteiger partial charge < -0.3 is 14.6 Å². The first-order chi connectivity index (χ1) is 14.8. The Bertz CT molecular complexity index is 1150. The van der Waals surface area contributed by atoms with Crippen molar-refractivity contribution in [2.24, 2.45) is 0 Å². The number of imidazole rings is 1. The van der Waals surface area contributed by atoms with Crippen molar-refractivity contribution in [3.05, 3.63) is 76.8 Å². The van der Waals surface area contributed by atoms with Gasteiger partial charge in [-0.25, -0.2) is 15.0 Å². The molecule has 8 heteroatoms. The Kier molecular flexibility index (Phi) is 5.15. The molecule has 0 atom stereocenters. The normalized spacial score (nSPS) is 14.9. The van der Waals surface area contributed by atoms with Gasteiger partial charge in [0.05, 0.1) is 11.2 Å². The van der Waals surface area contributed by atoms with Crippen LogP contribution in [-0.2, 0) is 6.54 Å². The number of anilines is 1. The number of hydrogen-bond acceptors (Lipinski definition) is 6. The van der Waals surface area contributed by atoms with E-state index < -0.39 is 0 Å². The third-order valence-electron chi connectivity index (χ3n) is 5.48. The lowest BCUT2D eigenvalue weighted by Gasteiger charge is -2.31. The van der Waals surface area contributed by atoms with Crippen molar-refractivity contribution in [2.75, 3.05) is 18.0 Å². The molecule has 0 spiro atoms. The second-order valence-electron chi connectivity index (χ2n) is 7.42. The maximum atomic E-state index is 12.6. The number of nitrogens with zero attached hydrogens (tertiary/aromatic N) is 5. The molecule has 0 aromatic carbocycles. The van der Waals surface area contributed by atoms with E-state index in [1.165, 1.54) is 11.3 Å². The van der Waals surface area contributed by atoms with Crippen LogP contribution in [0, 0.1) is 0 Å². The van der Waals surface area contributed by atoms with Crippen molar-refractivity contribution in [3.8, 4) is 0 Å². The van der Waals surface area contributed by atoms with E-state index in [2.05, 4.69) is 31.2 Å². The minimum Gasteiger partial charge on any atom is -0.357 e. The maximum Gasteiger partial charge on any atom is 0.263 e. The van der Waals surface area contributed by atoms with Crippen LogP contribution in [0.2, 0.25) is 0 Å². The van der Waals surface area contributed by atoms with E-state index in [0.29, 0.717) is 17.3 Å². The first kappa shape index (κ1) is 18.7. The lowest BCUT2D eigenvalue weighted by atomic mass is 9.97. The van der Waals surface area contributed by atoms with Gasteiger partial charge in [-0.3, -0.25) is 4.79 Å². The molecule has 0 unspecified atom stereocenters. The van der Waals surface area contributed by atoms with Gasteiger partial charge in [-0.15, -0.1) is 11.3 Å². The van der Waals surface area contributed by atoms with Gasteiger partial charge in [-0.05, 0) is 42.7 Å². The van der Waals surface area contributed by atoms with Crippen LogP contribution in [0.3, 0.4) is 0 Å². The molecule has 4 aromatic heterocycles. The van der Waals surface area contributed by atoms with Gasteiger partial charge in [0.15, 0.2) is 0 Å². The smallest absolute Gasteiger partial charge is 0.263 e. The van der Waals surface area contributed by atoms with Gasteiger partial charge in [0, 0.05) is 50.3 Å². The number of hydrogen-bond donors (Lipinski definition) is 1. The Hall–Kier alpha value is -3.26. The molecule has 0 radical (unpaired) electrons. The highest BCUT2D eigenvalue weighted by Crippen LogP contribution is 2.32. The van der Waals surface area contributed by atoms with Crippen LogP contribution in [0.1, 0.15) is 39.0 Å². The summed E-state index contributed by atoms with van der Waals surface area (Å²) < 4.78 is 1.94. The van der Waals surface area contributed by atoms with Gasteiger partial charge in [-0.1, -0.05) is 6.07 Å². The van der Waals surface area contributed by atoms with Gasteiger partial charge in [0.2, 0.25) is 0 Å². The highest BCUT2D eigenvalue weighted by atomic mass is 32.1. The number of carbonyl (C=O) groups is 1. The number of pyridine rings is 2. The van der Waals surface area contributed by atoms with Crippen molar-refractivity contribution in [1.29, 1.82) is 0 Å². The van der Waals surface area contributed by atoms with Crippen LogP contribution in [0.5, 0.6) is 0 Å². The summed E-state index contributed by atoms with van der Waals surface area (Å²) in [5, 5.41) is 4.05. The fourth-order valence-corrected chi connectivity index (χ4v) is 4.81. The summed E-state index contributed by atoms with van der Waals surface area (Å²) >= 11 is 1.51. The molecule has 1 N–H and O–H groups in total. The van der Waals surface area contributed by atoms with Gasteiger partial charge in [-0.2, -0.15) is 0 Å². The van der Waals surface area contributed by atoms with E-state index in [1.807, 2.05) is 47.3 Å². The van der Waals surface area contributed by atoms with Crippen molar-refractivity contribution >= 4 is 28.7 Å². The summed E-state index contributed by atoms with van der Waals surface area (Å²) in [7, 11) is 0. The van der Waals surface area contributed by atoms with Crippen LogP contribution in [0.15, 0.2) is 61.3 Å². The average Bonchev–Trinajstić information content (AvgIpc) is 3.48. The summed E-state index contributed by atoms with van der Waals surface area (Å²) in [4.78, 5) is 28.8. The molecule has 7 nitrogen and oxygen atoms in total. The molecule has 0 aliphatic carbocycles. The number of fused-ring (bicyclic) bond motifs is 1. The van der Waals surface area contributed by atoms with Crippen molar-refractivity contribution in [2.45, 2.75) is 25.3 Å². The van der Waals surface area contributed by atoms with Gasteiger partial charge in [0.25, 0.3) is 5.91 Å². The second-order valence-corrected chi connectivity index (χ2v) is 8.48. The van der Waals surface area contributed by atoms with Crippen molar-refractivity contribution < 1.29 is 4.79 Å². The number of aromatic nitrogens is 4. The molecular formula is C22H22N6OS. The number of carbonyl (C=O) groups excluding carboxylic acids is 1. The molecule has 1 fully saturated rings. The second kappa shape index (κ2) is 8.23. The lowest BCUT2D eigenvalue weighted by molar-refractivity contribution is 0.0954. The Morgan fingerprint density at radius 3 is 2.83 bits per heavy atom. The minimum absolute atomic E-state index is 0.0760. The summed E-state index contributed by atoms with van der Waals surface area (Å²) in [5.74, 6) is 1.36. The summed E-state index contributed by atoms with van der Waals surface area (Å²) in [6.45, 7) is 2.38. The van der Waals surface area contributed by atoms with E-state index in [1.54, 1.807) is 12.4 Å². The topological polar surface area (TPSA) is 75.4 Å². The molecule has 5 heterocycles. The van der Waals surface area contributed by atoms with Crippen molar-refractivity contribution in [3.63, 3.8) is 0 Å². The monoisotopic (exact) mass is 418 g/mol. The maximum absolute atomic E-state index is 12.6. The Morgan fingerprint density at radius 1 is 1.10 bits per heavy atom. The summed E-state index contributed by atoms with van der Waals surface area (Å²) in [6.07, 6.45) is 11.2. The Morgan fingerprint density at radius 2 is 2.00 bits per heavy atom. The Balaban J connectivity index is 1.17. The SMILES string of the molecule is O=C(NCc1ccn2ccnc2c1)c1cnc(C2CCN(c3ccccn3)CC2)s1. The quantitative estimate of drug-likeness (QED) is 0.537. The third-order valence-corrected chi connectivity index (χ3v) is 6.64. The number of amides is 1. The number of thiazole rings is 1. The molecule has 1 amide bonds. The summed E-state index contributed by atoms with van der Waals surface area (Å²) in [6, 6.07) is 9.98. The average molecular weight is 419 g/mol. The van der Waals surface area contributed by atoms with E-state index in [9.17, 15) is 4.79 Å². The zero-order valence-electron chi connectivity index (χ0n) is 16.4. The molecule has 5 rings (SSSR count). The van der Waals surface area contributed by atoms with Crippen LogP contribution in [-0.4, -0.2) is 38.3 Å². The molecular weight excluding hydrogens is 396 g/mol. The summed E-state index contributed by atoms with van der Waals surface area (Å²) in [5.41, 5.74) is 1.90. The highest BCUT2D eigenvalue weighted by Gasteiger charge is 2.24. The molecule has 4 aromatic rings. The van der Waals surface area contributed by atoms with Gasteiger partial charge in [0.1, 0.15) is 16.3 Å². The Labute approximate surface area is 178 Å². The first-order valence-corrected chi connectivity index (χ1v) is 10.9. The molecule has 0 saturated carbocycles. The molecule has 1 aliphatic rings. The first-order valence-electron chi connectivity index (χ1n) is 10.1. The van der Waals surface area contributed by atoms with Crippen LogP contribution >= 0.6 is 11.3 Å². The van der Waals surface area contributed by atoms with Gasteiger partial charge >= 0.3 is 0 Å². The van der Waals surface area contributed by atoms with E-state index in [-0.39, 0.29) is 5.91 Å². The predicted molar refractivity (Wildman–Crippen MR) is 117 cm³/mol. The third kappa shape index (κ3) is 3.91. The van der Waals surface area contributed by atoms with Crippen LogP contribution < -0.4 is 10.2 Å². The van der Waals surface area contributed by atoms with E-state index in [0.717, 1.165) is 48.0 Å². The minimum atomic E-state index is -0.0760. The van der Waals surface area contributed by atoms with E-state index >= 15 is 0 Å². The molecule has 1 saturated heterocycles. The fraction of sp³-hybridized carbons (Fsp3) is 0.273.